The first kappa shape index (κ1) is 18.7. The number of para-hydroxylation sites is 1. The van der Waals surface area contributed by atoms with Crippen molar-refractivity contribution in [3.63, 3.8) is 0 Å². The lowest BCUT2D eigenvalue weighted by molar-refractivity contribution is -0.307. The molecule has 6 nitrogen and oxygen atoms in total. The number of carbonyl (C=O) groups excluding carboxylic acids is 2. The van der Waals surface area contributed by atoms with Gasteiger partial charge in [0.15, 0.2) is 0 Å². The fourth-order valence-corrected chi connectivity index (χ4v) is 2.32. The Hall–Kier alpha value is -3.59. The lowest BCUT2D eigenvalue weighted by Crippen LogP contribution is -2.29. The van der Waals surface area contributed by atoms with Crippen molar-refractivity contribution in [2.75, 3.05) is 11.9 Å². The molecule has 26 heavy (non-hydrogen) atoms. The highest BCUT2D eigenvalue weighted by Gasteiger charge is 2.12. The van der Waals surface area contributed by atoms with Gasteiger partial charge in [0, 0.05) is 11.3 Å². The predicted molar refractivity (Wildman–Crippen MR) is 95.1 cm³/mol. The minimum absolute atomic E-state index is 0.130. The average Bonchev–Trinajstić information content (AvgIpc) is 2.60. The van der Waals surface area contributed by atoms with Gasteiger partial charge in [-0.15, -0.1) is 0 Å². The summed E-state index contributed by atoms with van der Waals surface area (Å²) in [5.41, 5.74) is 2.85. The quantitative estimate of drug-likeness (QED) is 0.634. The van der Waals surface area contributed by atoms with Crippen molar-refractivity contribution in [2.45, 2.75) is 13.8 Å². The van der Waals surface area contributed by atoms with Crippen molar-refractivity contribution in [3.8, 4) is 11.8 Å². The van der Waals surface area contributed by atoms with Crippen LogP contribution in [0.4, 0.5) is 5.69 Å². The molecular weight excluding hydrogens is 332 g/mol. The molecule has 2 aromatic rings. The van der Waals surface area contributed by atoms with E-state index in [4.69, 9.17) is 4.74 Å². The molecule has 0 bridgehead atoms. The standard InChI is InChI=1S/C20H18N2O4/c1-13-7-8-17(14(2)9-13)22-20(25)16(11-21)10-15-5-3-4-6-18(15)26-12-19(23)24/h3-10H,12H2,1-2H3,(H,22,25)(H,23,24)/p-1/b16-10+. The maximum Gasteiger partial charge on any atom is 0.266 e. The zero-order valence-electron chi connectivity index (χ0n) is 14.4. The smallest absolute Gasteiger partial charge is 0.266 e. The van der Waals surface area contributed by atoms with Crippen molar-refractivity contribution in [1.29, 1.82) is 5.26 Å². The number of amides is 1. The highest BCUT2D eigenvalue weighted by molar-refractivity contribution is 6.10. The molecular formula is C20H17N2O4-. The molecule has 0 atom stereocenters. The molecule has 1 amide bonds. The van der Waals surface area contributed by atoms with Crippen LogP contribution in [0.3, 0.4) is 0 Å². The van der Waals surface area contributed by atoms with Crippen molar-refractivity contribution in [2.24, 2.45) is 0 Å². The Balaban J connectivity index is 2.26. The van der Waals surface area contributed by atoms with Gasteiger partial charge in [0.25, 0.3) is 5.91 Å². The summed E-state index contributed by atoms with van der Waals surface area (Å²) in [6.07, 6.45) is 1.35. The van der Waals surface area contributed by atoms with Gasteiger partial charge < -0.3 is 20.0 Å². The molecule has 0 saturated heterocycles. The summed E-state index contributed by atoms with van der Waals surface area (Å²) in [7, 11) is 0. The first-order valence-corrected chi connectivity index (χ1v) is 7.83. The molecule has 2 rings (SSSR count). The lowest BCUT2D eigenvalue weighted by atomic mass is 10.1. The van der Waals surface area contributed by atoms with Crippen LogP contribution in [0.15, 0.2) is 48.0 Å². The fourth-order valence-electron chi connectivity index (χ4n) is 2.32. The fraction of sp³-hybridized carbons (Fsp3) is 0.150. The highest BCUT2D eigenvalue weighted by Crippen LogP contribution is 2.22. The highest BCUT2D eigenvalue weighted by atomic mass is 16.5. The number of anilines is 1. The first-order chi connectivity index (χ1) is 12.4. The Morgan fingerprint density at radius 2 is 1.96 bits per heavy atom. The van der Waals surface area contributed by atoms with E-state index >= 15 is 0 Å². The van der Waals surface area contributed by atoms with Gasteiger partial charge in [-0.25, -0.2) is 0 Å². The lowest BCUT2D eigenvalue weighted by Gasteiger charge is -2.11. The third-order valence-corrected chi connectivity index (χ3v) is 3.56. The van der Waals surface area contributed by atoms with Gasteiger partial charge in [0.2, 0.25) is 0 Å². The van der Waals surface area contributed by atoms with Crippen LogP contribution in [0.5, 0.6) is 5.75 Å². The number of ether oxygens (including phenoxy) is 1. The molecule has 0 unspecified atom stereocenters. The molecule has 0 fully saturated rings. The van der Waals surface area contributed by atoms with Gasteiger partial charge in [-0.1, -0.05) is 35.9 Å². The van der Waals surface area contributed by atoms with Crippen molar-refractivity contribution in [3.05, 3.63) is 64.7 Å². The van der Waals surface area contributed by atoms with E-state index in [0.29, 0.717) is 11.3 Å². The number of hydrogen-bond donors (Lipinski definition) is 1. The zero-order valence-corrected chi connectivity index (χ0v) is 14.4. The van der Waals surface area contributed by atoms with Crippen LogP contribution in [0, 0.1) is 25.2 Å². The maximum absolute atomic E-state index is 12.4. The molecule has 0 spiro atoms. The molecule has 132 valence electrons. The minimum atomic E-state index is -1.36. The Bertz CT molecular complexity index is 910. The third-order valence-electron chi connectivity index (χ3n) is 3.56. The van der Waals surface area contributed by atoms with Gasteiger partial charge in [0.05, 0.1) is 5.97 Å². The summed E-state index contributed by atoms with van der Waals surface area (Å²) in [6.45, 7) is 3.19. The summed E-state index contributed by atoms with van der Waals surface area (Å²) >= 11 is 0. The van der Waals surface area contributed by atoms with E-state index in [1.165, 1.54) is 6.08 Å². The normalized spacial score (nSPS) is 10.7. The number of aryl methyl sites for hydroxylation is 2. The van der Waals surface area contributed by atoms with Crippen LogP contribution < -0.4 is 15.2 Å². The number of carboxylic acid groups (broad SMARTS) is 1. The number of aliphatic carboxylic acids is 1. The first-order valence-electron chi connectivity index (χ1n) is 7.83. The van der Waals surface area contributed by atoms with Crippen molar-refractivity contribution in [1.82, 2.24) is 0 Å². The zero-order chi connectivity index (χ0) is 19.1. The molecule has 0 heterocycles. The molecule has 1 N–H and O–H groups in total. The summed E-state index contributed by atoms with van der Waals surface area (Å²) in [5, 5.41) is 22.6. The SMILES string of the molecule is Cc1ccc(NC(=O)/C(C#N)=C/c2ccccc2OCC(=O)[O-])c(C)c1. The number of rotatable bonds is 6. The van der Waals surface area contributed by atoms with Gasteiger partial charge in [-0.2, -0.15) is 5.26 Å². The third kappa shape index (κ3) is 4.95. The van der Waals surface area contributed by atoms with E-state index in [1.807, 2.05) is 32.0 Å². The molecule has 0 aliphatic carbocycles. The number of nitriles is 1. The molecule has 0 aliphatic heterocycles. The van der Waals surface area contributed by atoms with Crippen LogP contribution in [0.1, 0.15) is 16.7 Å². The van der Waals surface area contributed by atoms with E-state index in [2.05, 4.69) is 5.32 Å². The summed E-state index contributed by atoms with van der Waals surface area (Å²) in [6, 6.07) is 13.9. The molecule has 0 radical (unpaired) electrons. The van der Waals surface area contributed by atoms with E-state index in [-0.39, 0.29) is 11.3 Å². The number of benzene rings is 2. The average molecular weight is 349 g/mol. The Morgan fingerprint density at radius 1 is 1.23 bits per heavy atom. The van der Waals surface area contributed by atoms with E-state index < -0.39 is 18.5 Å². The number of hydrogen-bond acceptors (Lipinski definition) is 5. The van der Waals surface area contributed by atoms with Crippen LogP contribution in [-0.4, -0.2) is 18.5 Å². The predicted octanol–water partition coefficient (Wildman–Crippen LogP) is 1.98. The molecule has 6 heteroatoms. The Morgan fingerprint density at radius 3 is 2.62 bits per heavy atom. The second-order valence-corrected chi connectivity index (χ2v) is 5.64. The number of carboxylic acids is 1. The van der Waals surface area contributed by atoms with Gasteiger partial charge >= 0.3 is 0 Å². The molecule has 0 aliphatic rings. The number of carbonyl (C=O) groups is 2. The van der Waals surface area contributed by atoms with Crippen molar-refractivity contribution < 1.29 is 19.4 Å². The van der Waals surface area contributed by atoms with E-state index in [1.54, 1.807) is 30.3 Å². The Labute approximate surface area is 151 Å². The largest absolute Gasteiger partial charge is 0.546 e. The molecule has 2 aromatic carbocycles. The molecule has 0 saturated carbocycles. The maximum atomic E-state index is 12.4. The molecule has 0 aromatic heterocycles. The Kier molecular flexibility index (Phi) is 6.12. The van der Waals surface area contributed by atoms with Gasteiger partial charge in [0.1, 0.15) is 24.0 Å². The van der Waals surface area contributed by atoms with E-state index in [9.17, 15) is 20.0 Å². The van der Waals surface area contributed by atoms with E-state index in [0.717, 1.165) is 11.1 Å². The van der Waals surface area contributed by atoms with Crippen LogP contribution in [0.25, 0.3) is 6.08 Å². The van der Waals surface area contributed by atoms with Crippen LogP contribution in [-0.2, 0) is 9.59 Å². The number of nitrogens with zero attached hydrogens (tertiary/aromatic N) is 1. The topological polar surface area (TPSA) is 102 Å². The number of nitrogens with one attached hydrogen (secondary N) is 1. The van der Waals surface area contributed by atoms with Gasteiger partial charge in [-0.3, -0.25) is 4.79 Å². The van der Waals surface area contributed by atoms with Crippen molar-refractivity contribution >= 4 is 23.6 Å². The second-order valence-electron chi connectivity index (χ2n) is 5.64. The second kappa shape index (κ2) is 8.49. The summed E-state index contributed by atoms with van der Waals surface area (Å²) in [4.78, 5) is 23.0. The summed E-state index contributed by atoms with van der Waals surface area (Å²) in [5.74, 6) is -1.69. The monoisotopic (exact) mass is 349 g/mol. The minimum Gasteiger partial charge on any atom is -0.546 e. The van der Waals surface area contributed by atoms with Gasteiger partial charge in [-0.05, 0) is 37.6 Å². The summed E-state index contributed by atoms with van der Waals surface area (Å²) < 4.78 is 5.13. The van der Waals surface area contributed by atoms with Crippen LogP contribution in [0.2, 0.25) is 0 Å². The van der Waals surface area contributed by atoms with Crippen LogP contribution >= 0.6 is 0 Å².